The van der Waals surface area contributed by atoms with Crippen molar-refractivity contribution in [1.82, 2.24) is 9.80 Å². The molecule has 11 heavy (non-hydrogen) atoms. The van der Waals surface area contributed by atoms with Crippen LogP contribution in [0.15, 0.2) is 25.1 Å². The second-order valence-corrected chi connectivity index (χ2v) is 2.40. The molecule has 0 N–H and O–H groups in total. The van der Waals surface area contributed by atoms with Crippen LogP contribution >= 0.6 is 24.0 Å². The summed E-state index contributed by atoms with van der Waals surface area (Å²) in [6, 6.07) is 0. The minimum Gasteiger partial charge on any atom is -0.359 e. The predicted octanol–water partition coefficient (Wildman–Crippen LogP) is 1.86. The van der Waals surface area contributed by atoms with Gasteiger partial charge in [0.1, 0.15) is 0 Å². The van der Waals surface area contributed by atoms with Crippen molar-refractivity contribution in [1.29, 1.82) is 0 Å². The van der Waals surface area contributed by atoms with Gasteiger partial charge < -0.3 is 9.80 Å². The Morgan fingerprint density at radius 3 is 2.55 bits per heavy atom. The van der Waals surface area contributed by atoms with Crippen molar-refractivity contribution in [2.45, 2.75) is 6.92 Å². The van der Waals surface area contributed by atoms with Crippen LogP contribution in [-0.2, 0) is 0 Å². The molecule has 3 heteroatoms. The van der Waals surface area contributed by atoms with Gasteiger partial charge in [-0.15, -0.1) is 30.6 Å². The third kappa shape index (κ3) is 3.14. The number of rotatable bonds is 3. The van der Waals surface area contributed by atoms with Crippen LogP contribution in [0.3, 0.4) is 0 Å². The van der Waals surface area contributed by atoms with E-state index in [1.165, 1.54) is 0 Å². The maximum absolute atomic E-state index is 3.68. The molecule has 0 aliphatic carbocycles. The molecule has 2 nitrogen and oxygen atoms in total. The molecule has 0 unspecified atom stereocenters. The Bertz CT molecular complexity index is 145. The molecule has 64 valence electrons. The van der Waals surface area contributed by atoms with E-state index in [1.807, 2.05) is 6.08 Å². The molecular formula is C8H15IN2. The highest BCUT2D eigenvalue weighted by Gasteiger charge is 2.06. The summed E-state index contributed by atoms with van der Waals surface area (Å²) < 4.78 is 0. The molecule has 1 aliphatic rings. The molecule has 1 rings (SSSR count). The van der Waals surface area contributed by atoms with Gasteiger partial charge in [-0.2, -0.15) is 0 Å². The second-order valence-electron chi connectivity index (χ2n) is 2.40. The molecule has 1 aliphatic heterocycles. The molecule has 0 amide bonds. The number of hydrogen-bond donors (Lipinski definition) is 0. The minimum atomic E-state index is 0. The summed E-state index contributed by atoms with van der Waals surface area (Å²) >= 11 is 0. The zero-order valence-electron chi connectivity index (χ0n) is 6.86. The Hall–Kier alpha value is -0.190. The van der Waals surface area contributed by atoms with Gasteiger partial charge in [-0.25, -0.2) is 0 Å². The molecule has 0 saturated carbocycles. The van der Waals surface area contributed by atoms with Crippen molar-refractivity contribution < 1.29 is 0 Å². The quantitative estimate of drug-likeness (QED) is 0.568. The van der Waals surface area contributed by atoms with E-state index in [-0.39, 0.29) is 24.0 Å². The van der Waals surface area contributed by atoms with Crippen molar-refractivity contribution in [2.24, 2.45) is 0 Å². The van der Waals surface area contributed by atoms with Crippen LogP contribution in [0, 0.1) is 0 Å². The highest BCUT2D eigenvalue weighted by Crippen LogP contribution is 2.04. The SMILES string of the molecule is C=CCN1C=CN(CC)C1.I. The van der Waals surface area contributed by atoms with Crippen LogP contribution in [0.25, 0.3) is 0 Å². The molecule has 0 aromatic rings. The summed E-state index contributed by atoms with van der Waals surface area (Å²) in [5.41, 5.74) is 0. The Morgan fingerprint density at radius 2 is 2.09 bits per heavy atom. The lowest BCUT2D eigenvalue weighted by molar-refractivity contribution is 0.291. The monoisotopic (exact) mass is 266 g/mol. The van der Waals surface area contributed by atoms with Crippen LogP contribution in [0.2, 0.25) is 0 Å². The third-order valence-electron chi connectivity index (χ3n) is 1.62. The van der Waals surface area contributed by atoms with Crippen molar-refractivity contribution in [3.05, 3.63) is 25.1 Å². The lowest BCUT2D eigenvalue weighted by atomic mass is 10.6. The first-order valence-electron chi connectivity index (χ1n) is 3.64. The Balaban J connectivity index is 0.000001000. The van der Waals surface area contributed by atoms with Gasteiger partial charge in [0.2, 0.25) is 0 Å². The Kier molecular flexibility index (Phi) is 5.36. The number of hydrogen-bond acceptors (Lipinski definition) is 2. The lowest BCUT2D eigenvalue weighted by Crippen LogP contribution is -2.24. The summed E-state index contributed by atoms with van der Waals surface area (Å²) in [6.45, 7) is 8.89. The highest BCUT2D eigenvalue weighted by atomic mass is 127. The van der Waals surface area contributed by atoms with Crippen LogP contribution < -0.4 is 0 Å². The maximum Gasteiger partial charge on any atom is 0.0896 e. The Labute approximate surface area is 85.6 Å². The van der Waals surface area contributed by atoms with Crippen molar-refractivity contribution in [3.8, 4) is 0 Å². The van der Waals surface area contributed by atoms with E-state index in [4.69, 9.17) is 0 Å². The molecule has 0 aromatic heterocycles. The van der Waals surface area contributed by atoms with Crippen LogP contribution in [-0.4, -0.2) is 29.6 Å². The number of halogens is 1. The zero-order valence-corrected chi connectivity index (χ0v) is 9.19. The van der Waals surface area contributed by atoms with E-state index in [0.29, 0.717) is 0 Å². The summed E-state index contributed by atoms with van der Waals surface area (Å²) in [7, 11) is 0. The first-order valence-corrected chi connectivity index (χ1v) is 3.64. The standard InChI is InChI=1S/C8H14N2.HI/c1-3-5-10-7-6-9(4-2)8-10;/h3,6-7H,1,4-5,8H2,2H3;1H. The molecule has 0 aromatic carbocycles. The van der Waals surface area contributed by atoms with Gasteiger partial charge in [-0.05, 0) is 6.92 Å². The van der Waals surface area contributed by atoms with Crippen LogP contribution in [0.5, 0.6) is 0 Å². The van der Waals surface area contributed by atoms with E-state index >= 15 is 0 Å². The molecule has 0 atom stereocenters. The Morgan fingerprint density at radius 1 is 1.45 bits per heavy atom. The first-order chi connectivity index (χ1) is 4.86. The largest absolute Gasteiger partial charge is 0.359 e. The molecular weight excluding hydrogens is 251 g/mol. The fraction of sp³-hybridized carbons (Fsp3) is 0.500. The molecule has 0 bridgehead atoms. The summed E-state index contributed by atoms with van der Waals surface area (Å²) in [5.74, 6) is 0. The molecule has 0 spiro atoms. The van der Waals surface area contributed by atoms with Crippen molar-refractivity contribution in [2.75, 3.05) is 19.8 Å². The smallest absolute Gasteiger partial charge is 0.0896 e. The first kappa shape index (κ1) is 10.8. The van der Waals surface area contributed by atoms with Gasteiger partial charge >= 0.3 is 0 Å². The predicted molar refractivity (Wildman–Crippen MR) is 58.7 cm³/mol. The molecule has 1 heterocycles. The van der Waals surface area contributed by atoms with E-state index < -0.39 is 0 Å². The molecule has 0 fully saturated rings. The topological polar surface area (TPSA) is 6.48 Å². The average molecular weight is 266 g/mol. The fourth-order valence-electron chi connectivity index (χ4n) is 1.01. The summed E-state index contributed by atoms with van der Waals surface area (Å²) in [5, 5.41) is 0. The lowest BCUT2D eigenvalue weighted by Gasteiger charge is -2.17. The number of nitrogens with zero attached hydrogens (tertiary/aromatic N) is 2. The van der Waals surface area contributed by atoms with E-state index in [1.54, 1.807) is 0 Å². The zero-order chi connectivity index (χ0) is 7.40. The summed E-state index contributed by atoms with van der Waals surface area (Å²) in [4.78, 5) is 4.47. The molecule has 0 radical (unpaired) electrons. The van der Waals surface area contributed by atoms with Crippen LogP contribution in [0.4, 0.5) is 0 Å². The third-order valence-corrected chi connectivity index (χ3v) is 1.62. The van der Waals surface area contributed by atoms with Crippen molar-refractivity contribution >= 4 is 24.0 Å². The van der Waals surface area contributed by atoms with Crippen LogP contribution in [0.1, 0.15) is 6.92 Å². The highest BCUT2D eigenvalue weighted by molar-refractivity contribution is 14.0. The van der Waals surface area contributed by atoms with E-state index in [9.17, 15) is 0 Å². The summed E-state index contributed by atoms with van der Waals surface area (Å²) in [6.07, 6.45) is 6.14. The molecule has 0 saturated heterocycles. The van der Waals surface area contributed by atoms with Gasteiger partial charge in [-0.3, -0.25) is 0 Å². The van der Waals surface area contributed by atoms with Crippen molar-refractivity contribution in [3.63, 3.8) is 0 Å². The van der Waals surface area contributed by atoms with Gasteiger partial charge in [0.25, 0.3) is 0 Å². The normalized spacial score (nSPS) is 15.0. The van der Waals surface area contributed by atoms with Gasteiger partial charge in [-0.1, -0.05) is 6.08 Å². The fourth-order valence-corrected chi connectivity index (χ4v) is 1.01. The van der Waals surface area contributed by atoms with Gasteiger partial charge in [0.15, 0.2) is 0 Å². The van der Waals surface area contributed by atoms with E-state index in [0.717, 1.165) is 19.8 Å². The second kappa shape index (κ2) is 5.46. The minimum absolute atomic E-state index is 0. The maximum atomic E-state index is 3.68. The van der Waals surface area contributed by atoms with Gasteiger partial charge in [0.05, 0.1) is 6.67 Å². The average Bonchev–Trinajstić information content (AvgIpc) is 2.37. The van der Waals surface area contributed by atoms with Gasteiger partial charge in [0, 0.05) is 25.5 Å². The van der Waals surface area contributed by atoms with E-state index in [2.05, 4.69) is 35.7 Å².